The highest BCUT2D eigenvalue weighted by atomic mass is 35.5. The number of benzene rings is 3. The molecule has 0 aliphatic heterocycles. The first-order valence-corrected chi connectivity index (χ1v) is 13.4. The van der Waals surface area contributed by atoms with Gasteiger partial charge in [0.25, 0.3) is 5.91 Å². The molecule has 1 heterocycles. The van der Waals surface area contributed by atoms with Gasteiger partial charge in [0.1, 0.15) is 17.5 Å². The Bertz CT molecular complexity index is 1650. The van der Waals surface area contributed by atoms with E-state index in [9.17, 15) is 27.2 Å². The number of hydrogen-bond donors (Lipinski definition) is 2. The van der Waals surface area contributed by atoms with Gasteiger partial charge in [0.05, 0.1) is 25.2 Å². The molecule has 0 spiro atoms. The fraction of sp³-hybridized carbons (Fsp3) is 0.267. The Morgan fingerprint density at radius 3 is 2.42 bits per heavy atom. The number of alkyl halides is 3. The number of nitrogens with one attached hydrogen (secondary N) is 1. The van der Waals surface area contributed by atoms with E-state index in [0.717, 1.165) is 16.7 Å². The van der Waals surface area contributed by atoms with Gasteiger partial charge >= 0.3 is 12.3 Å². The maximum atomic E-state index is 14.3. The van der Waals surface area contributed by atoms with Gasteiger partial charge in [-0.25, -0.2) is 4.39 Å². The standard InChI is InChI=1S/C30H25ClF4N2O6/c1-41-22-11-21(12-23(13-22)42-15-16-8-19(9-16)29(39)40)36-27(17-2-4-20(31)5-3-17)28(38)37-7-6-18-10-24(32)26(14-25(18)37)43-30(33,34)35/h2-7,10-14,16,19,27,36H,8-9,15H2,1H3,(H,39,40)/t16?,19?,27-/m0/s1. The molecule has 1 aliphatic carbocycles. The van der Waals surface area contributed by atoms with Gasteiger partial charge in [0.15, 0.2) is 11.6 Å². The number of aromatic nitrogens is 1. The first kappa shape index (κ1) is 30.0. The van der Waals surface area contributed by atoms with Crippen LogP contribution in [0.5, 0.6) is 17.2 Å². The Balaban J connectivity index is 1.46. The highest BCUT2D eigenvalue weighted by molar-refractivity contribution is 6.30. The number of aliphatic carboxylic acids is 1. The third-order valence-corrected chi connectivity index (χ3v) is 7.41. The van der Waals surface area contributed by atoms with Crippen molar-refractivity contribution in [3.8, 4) is 17.2 Å². The Hall–Kier alpha value is -4.45. The van der Waals surface area contributed by atoms with Crippen LogP contribution in [0.25, 0.3) is 10.9 Å². The minimum absolute atomic E-state index is 0.00115. The predicted molar refractivity (Wildman–Crippen MR) is 149 cm³/mol. The molecule has 13 heteroatoms. The average molecular weight is 621 g/mol. The second-order valence-electron chi connectivity index (χ2n) is 10.1. The van der Waals surface area contributed by atoms with Crippen LogP contribution in [0.3, 0.4) is 0 Å². The van der Waals surface area contributed by atoms with E-state index in [1.54, 1.807) is 42.5 Å². The molecule has 1 atom stereocenters. The van der Waals surface area contributed by atoms with Gasteiger partial charge in [-0.1, -0.05) is 23.7 Å². The lowest BCUT2D eigenvalue weighted by Crippen LogP contribution is -2.33. The molecule has 1 saturated carbocycles. The maximum Gasteiger partial charge on any atom is 0.573 e. The van der Waals surface area contributed by atoms with Crippen LogP contribution in [0.1, 0.15) is 29.2 Å². The van der Waals surface area contributed by atoms with E-state index in [4.69, 9.17) is 26.2 Å². The molecule has 0 radical (unpaired) electrons. The van der Waals surface area contributed by atoms with Crippen LogP contribution < -0.4 is 19.5 Å². The lowest BCUT2D eigenvalue weighted by Gasteiger charge is -2.32. The van der Waals surface area contributed by atoms with Gasteiger partial charge in [-0.15, -0.1) is 13.2 Å². The first-order valence-electron chi connectivity index (χ1n) is 13.1. The number of fused-ring (bicyclic) bond motifs is 1. The molecule has 43 heavy (non-hydrogen) atoms. The summed E-state index contributed by atoms with van der Waals surface area (Å²) < 4.78 is 69.2. The van der Waals surface area contributed by atoms with E-state index >= 15 is 0 Å². The quantitative estimate of drug-likeness (QED) is 0.179. The minimum atomic E-state index is -5.13. The normalized spacial score (nSPS) is 17.2. The highest BCUT2D eigenvalue weighted by Gasteiger charge is 2.35. The monoisotopic (exact) mass is 620 g/mol. The number of ether oxygens (including phenoxy) is 3. The van der Waals surface area contributed by atoms with Crippen molar-refractivity contribution in [1.82, 2.24) is 4.57 Å². The van der Waals surface area contributed by atoms with Crippen molar-refractivity contribution in [3.63, 3.8) is 0 Å². The van der Waals surface area contributed by atoms with Crippen LogP contribution in [0.4, 0.5) is 23.2 Å². The largest absolute Gasteiger partial charge is 0.573 e. The van der Waals surface area contributed by atoms with Crippen LogP contribution in [0, 0.1) is 17.7 Å². The Morgan fingerprint density at radius 1 is 1.07 bits per heavy atom. The van der Waals surface area contributed by atoms with Crippen molar-refractivity contribution in [3.05, 3.63) is 83.3 Å². The molecule has 8 nitrogen and oxygen atoms in total. The summed E-state index contributed by atoms with van der Waals surface area (Å²) in [5, 5.41) is 12.9. The third-order valence-electron chi connectivity index (χ3n) is 7.15. The Morgan fingerprint density at radius 2 is 1.77 bits per heavy atom. The number of nitrogens with zero attached hydrogens (tertiary/aromatic N) is 1. The average Bonchev–Trinajstić information content (AvgIpc) is 3.32. The predicted octanol–water partition coefficient (Wildman–Crippen LogP) is 7.32. The summed E-state index contributed by atoms with van der Waals surface area (Å²) in [5.74, 6) is -3.18. The maximum absolute atomic E-state index is 14.3. The number of hydrogen-bond acceptors (Lipinski definition) is 6. The van der Waals surface area contributed by atoms with Gasteiger partial charge in [0.2, 0.25) is 0 Å². The number of carboxylic acid groups (broad SMARTS) is 1. The number of carbonyl (C=O) groups excluding carboxylic acids is 1. The van der Waals surface area contributed by atoms with Crippen LogP contribution in [0.15, 0.2) is 66.9 Å². The van der Waals surface area contributed by atoms with E-state index in [1.807, 2.05) is 0 Å². The Labute approximate surface area is 247 Å². The molecule has 1 aliphatic rings. The van der Waals surface area contributed by atoms with Crippen molar-refractivity contribution in [2.45, 2.75) is 25.2 Å². The van der Waals surface area contributed by atoms with Gasteiger partial charge in [-0.3, -0.25) is 14.2 Å². The topological polar surface area (TPSA) is 99.0 Å². The summed E-state index contributed by atoms with van der Waals surface area (Å²) >= 11 is 6.06. The molecule has 3 aromatic carbocycles. The van der Waals surface area contributed by atoms with Crippen LogP contribution in [-0.2, 0) is 4.79 Å². The minimum Gasteiger partial charge on any atom is -0.497 e. The van der Waals surface area contributed by atoms with Gasteiger partial charge in [-0.2, -0.15) is 0 Å². The summed E-state index contributed by atoms with van der Waals surface area (Å²) in [6.45, 7) is 0.296. The summed E-state index contributed by atoms with van der Waals surface area (Å²) in [6, 6.07) is 13.3. The third kappa shape index (κ3) is 6.96. The summed E-state index contributed by atoms with van der Waals surface area (Å²) in [4.78, 5) is 25.1. The first-order chi connectivity index (χ1) is 20.4. The van der Waals surface area contributed by atoms with Gasteiger partial charge in [-0.05, 0) is 48.6 Å². The fourth-order valence-electron chi connectivity index (χ4n) is 4.92. The van der Waals surface area contributed by atoms with E-state index in [-0.39, 0.29) is 22.7 Å². The second kappa shape index (κ2) is 12.0. The van der Waals surface area contributed by atoms with Crippen molar-refractivity contribution >= 4 is 40.1 Å². The lowest BCUT2D eigenvalue weighted by atomic mass is 9.75. The molecule has 226 valence electrons. The molecular formula is C30H25ClF4N2O6. The van der Waals surface area contributed by atoms with Crippen molar-refractivity contribution in [2.24, 2.45) is 11.8 Å². The van der Waals surface area contributed by atoms with E-state index in [1.165, 1.54) is 19.4 Å². The molecular weight excluding hydrogens is 596 g/mol. The SMILES string of the molecule is COc1cc(N[C@H](C(=O)n2ccc3cc(F)c(OC(F)(F)F)cc32)c2ccc(Cl)cc2)cc(OCC2CC(C(=O)O)C2)c1. The molecule has 1 aromatic heterocycles. The smallest absolute Gasteiger partial charge is 0.497 e. The number of carboxylic acids is 1. The van der Waals surface area contributed by atoms with E-state index in [0.29, 0.717) is 47.2 Å². The molecule has 4 aromatic rings. The molecule has 2 N–H and O–H groups in total. The van der Waals surface area contributed by atoms with E-state index in [2.05, 4.69) is 10.1 Å². The molecule has 0 amide bonds. The van der Waals surface area contributed by atoms with Crippen molar-refractivity contribution in [2.75, 3.05) is 19.0 Å². The van der Waals surface area contributed by atoms with Crippen LogP contribution in [-0.4, -0.2) is 41.6 Å². The van der Waals surface area contributed by atoms with Crippen LogP contribution >= 0.6 is 11.6 Å². The number of anilines is 1. The second-order valence-corrected chi connectivity index (χ2v) is 10.6. The fourth-order valence-corrected chi connectivity index (χ4v) is 5.05. The van der Waals surface area contributed by atoms with Gasteiger partial charge in [0, 0.05) is 46.6 Å². The molecule has 0 saturated heterocycles. The van der Waals surface area contributed by atoms with Crippen molar-refractivity contribution < 1.29 is 46.5 Å². The van der Waals surface area contributed by atoms with Gasteiger partial charge < -0.3 is 24.6 Å². The Kier molecular flexibility index (Phi) is 8.41. The molecule has 0 bridgehead atoms. The number of rotatable bonds is 10. The van der Waals surface area contributed by atoms with E-state index < -0.39 is 35.8 Å². The zero-order chi connectivity index (χ0) is 30.9. The summed E-state index contributed by atoms with van der Waals surface area (Å²) in [6.07, 6.45) is -2.77. The molecule has 1 fully saturated rings. The highest BCUT2D eigenvalue weighted by Crippen LogP contribution is 2.36. The van der Waals surface area contributed by atoms with Crippen molar-refractivity contribution in [1.29, 1.82) is 0 Å². The lowest BCUT2D eigenvalue weighted by molar-refractivity contribution is -0.275. The summed E-state index contributed by atoms with van der Waals surface area (Å²) in [7, 11) is 1.46. The molecule has 0 unspecified atom stereocenters. The number of halogens is 5. The molecule has 5 rings (SSSR count). The zero-order valence-corrected chi connectivity index (χ0v) is 23.3. The summed E-state index contributed by atoms with van der Waals surface area (Å²) in [5.41, 5.74) is 0.897. The zero-order valence-electron chi connectivity index (χ0n) is 22.5. The number of carbonyl (C=O) groups is 2. The number of methoxy groups -OCH3 is 1. The van der Waals surface area contributed by atoms with Crippen LogP contribution in [0.2, 0.25) is 5.02 Å².